The number of ether oxygens (including phenoxy) is 3. The lowest BCUT2D eigenvalue weighted by Gasteiger charge is -2.28. The van der Waals surface area contributed by atoms with E-state index in [2.05, 4.69) is 16.3 Å². The minimum absolute atomic E-state index is 0.0809. The molecule has 0 spiro atoms. The summed E-state index contributed by atoms with van der Waals surface area (Å²) in [6, 6.07) is 13.3. The first-order chi connectivity index (χ1) is 13.2. The fraction of sp³-hybridized carbons (Fsp3) is 0.381. The maximum atomic E-state index is 12.6. The molecule has 0 aromatic heterocycles. The maximum absolute atomic E-state index is 12.6. The van der Waals surface area contributed by atoms with Gasteiger partial charge in [0.2, 0.25) is 6.79 Å². The molecule has 0 radical (unpaired) electrons. The fourth-order valence-electron chi connectivity index (χ4n) is 3.67. The summed E-state index contributed by atoms with van der Waals surface area (Å²) >= 11 is 0. The van der Waals surface area contributed by atoms with Crippen LogP contribution in [0.5, 0.6) is 17.2 Å². The molecular weight excluding hydrogens is 344 g/mol. The van der Waals surface area contributed by atoms with Crippen molar-refractivity contribution in [3.8, 4) is 17.2 Å². The summed E-state index contributed by atoms with van der Waals surface area (Å²) in [5.41, 5.74) is 1.76. The lowest BCUT2D eigenvalue weighted by Crippen LogP contribution is -2.36. The van der Waals surface area contributed by atoms with Crippen molar-refractivity contribution < 1.29 is 19.0 Å². The third-order valence-corrected chi connectivity index (χ3v) is 5.17. The molecule has 4 rings (SSSR count). The van der Waals surface area contributed by atoms with Crippen molar-refractivity contribution in [1.82, 2.24) is 10.2 Å². The SMILES string of the molecule is COc1ccc(C(=O)NC[C@@H](c2ccc3c(c2)OCO3)N2CCCC2)cc1. The first kappa shape index (κ1) is 17.7. The van der Waals surface area contributed by atoms with Gasteiger partial charge < -0.3 is 19.5 Å². The molecular formula is C21H24N2O4. The van der Waals surface area contributed by atoms with Gasteiger partial charge in [0.1, 0.15) is 5.75 Å². The summed E-state index contributed by atoms with van der Waals surface area (Å²) in [7, 11) is 1.61. The number of methoxy groups -OCH3 is 1. The van der Waals surface area contributed by atoms with Crippen LogP contribution in [0.3, 0.4) is 0 Å². The number of hydrogen-bond donors (Lipinski definition) is 1. The number of fused-ring (bicyclic) bond motifs is 1. The normalized spacial score (nSPS) is 16.9. The van der Waals surface area contributed by atoms with Crippen molar-refractivity contribution in [1.29, 1.82) is 0 Å². The highest BCUT2D eigenvalue weighted by atomic mass is 16.7. The number of rotatable bonds is 6. The quantitative estimate of drug-likeness (QED) is 0.849. The third kappa shape index (κ3) is 3.85. The second-order valence-corrected chi connectivity index (χ2v) is 6.81. The molecule has 2 aliphatic rings. The predicted molar refractivity (Wildman–Crippen MR) is 101 cm³/mol. The Labute approximate surface area is 159 Å². The number of nitrogens with zero attached hydrogens (tertiary/aromatic N) is 1. The van der Waals surface area contributed by atoms with Crippen LogP contribution in [0, 0.1) is 0 Å². The van der Waals surface area contributed by atoms with Gasteiger partial charge in [-0.3, -0.25) is 9.69 Å². The van der Waals surface area contributed by atoms with E-state index in [4.69, 9.17) is 14.2 Å². The number of likely N-dealkylation sites (tertiary alicyclic amines) is 1. The molecule has 142 valence electrons. The van der Waals surface area contributed by atoms with E-state index in [1.807, 2.05) is 12.1 Å². The molecule has 1 saturated heterocycles. The van der Waals surface area contributed by atoms with E-state index in [0.29, 0.717) is 12.1 Å². The Morgan fingerprint density at radius 3 is 2.59 bits per heavy atom. The van der Waals surface area contributed by atoms with Crippen LogP contribution < -0.4 is 19.5 Å². The lowest BCUT2D eigenvalue weighted by atomic mass is 10.0. The lowest BCUT2D eigenvalue weighted by molar-refractivity contribution is 0.0938. The second kappa shape index (κ2) is 7.88. The van der Waals surface area contributed by atoms with Gasteiger partial charge in [0.15, 0.2) is 11.5 Å². The molecule has 1 N–H and O–H groups in total. The molecule has 2 aromatic carbocycles. The molecule has 2 aliphatic heterocycles. The van der Waals surface area contributed by atoms with Crippen molar-refractivity contribution in [2.75, 3.05) is 33.5 Å². The molecule has 27 heavy (non-hydrogen) atoms. The van der Waals surface area contributed by atoms with Gasteiger partial charge in [-0.1, -0.05) is 6.07 Å². The number of nitrogens with one attached hydrogen (secondary N) is 1. The summed E-state index contributed by atoms with van der Waals surface area (Å²) in [5, 5.41) is 3.09. The maximum Gasteiger partial charge on any atom is 0.251 e. The zero-order chi connectivity index (χ0) is 18.6. The molecule has 0 unspecified atom stereocenters. The summed E-state index contributed by atoms with van der Waals surface area (Å²) in [6.07, 6.45) is 2.38. The van der Waals surface area contributed by atoms with Crippen LogP contribution >= 0.6 is 0 Å². The van der Waals surface area contributed by atoms with E-state index < -0.39 is 0 Å². The van der Waals surface area contributed by atoms with Gasteiger partial charge in [-0.25, -0.2) is 0 Å². The average Bonchev–Trinajstić information content (AvgIpc) is 3.39. The number of carbonyl (C=O) groups excluding carboxylic acids is 1. The number of hydrogen-bond acceptors (Lipinski definition) is 5. The summed E-state index contributed by atoms with van der Waals surface area (Å²) in [5.74, 6) is 2.21. The minimum atomic E-state index is -0.0809. The van der Waals surface area contributed by atoms with Gasteiger partial charge in [-0.15, -0.1) is 0 Å². The van der Waals surface area contributed by atoms with E-state index in [-0.39, 0.29) is 18.7 Å². The van der Waals surface area contributed by atoms with Crippen LogP contribution in [-0.2, 0) is 0 Å². The van der Waals surface area contributed by atoms with Crippen LogP contribution in [0.15, 0.2) is 42.5 Å². The van der Waals surface area contributed by atoms with Gasteiger partial charge in [0.25, 0.3) is 5.91 Å². The molecule has 1 amide bonds. The smallest absolute Gasteiger partial charge is 0.251 e. The molecule has 0 aliphatic carbocycles. The fourth-order valence-corrected chi connectivity index (χ4v) is 3.67. The number of carbonyl (C=O) groups is 1. The molecule has 0 saturated carbocycles. The number of benzene rings is 2. The first-order valence-electron chi connectivity index (χ1n) is 9.30. The van der Waals surface area contributed by atoms with Crippen LogP contribution in [0.2, 0.25) is 0 Å². The van der Waals surface area contributed by atoms with Gasteiger partial charge in [-0.05, 0) is 67.9 Å². The zero-order valence-corrected chi connectivity index (χ0v) is 15.4. The number of amides is 1. The Bertz CT molecular complexity index is 800. The molecule has 2 aromatic rings. The van der Waals surface area contributed by atoms with Crippen molar-refractivity contribution >= 4 is 5.91 Å². The molecule has 6 heteroatoms. The standard InChI is InChI=1S/C21H24N2O4/c1-25-17-7-4-15(5-8-17)21(24)22-13-18(23-10-2-3-11-23)16-6-9-19-20(12-16)27-14-26-19/h4-9,12,18H,2-3,10-11,13-14H2,1H3,(H,22,24)/t18-/m0/s1. The topological polar surface area (TPSA) is 60.0 Å². The summed E-state index contributed by atoms with van der Waals surface area (Å²) in [6.45, 7) is 2.89. The highest BCUT2D eigenvalue weighted by molar-refractivity contribution is 5.94. The monoisotopic (exact) mass is 368 g/mol. The van der Waals surface area contributed by atoms with E-state index in [0.717, 1.165) is 35.9 Å². The Morgan fingerprint density at radius 1 is 1.11 bits per heavy atom. The van der Waals surface area contributed by atoms with Crippen LogP contribution in [0.4, 0.5) is 0 Å². The van der Waals surface area contributed by atoms with Crippen LogP contribution in [-0.4, -0.2) is 44.3 Å². The Hall–Kier alpha value is -2.73. The third-order valence-electron chi connectivity index (χ3n) is 5.17. The molecule has 2 heterocycles. The zero-order valence-electron chi connectivity index (χ0n) is 15.4. The predicted octanol–water partition coefficient (Wildman–Crippen LogP) is 2.99. The van der Waals surface area contributed by atoms with E-state index in [1.165, 1.54) is 12.8 Å². The van der Waals surface area contributed by atoms with E-state index in [1.54, 1.807) is 31.4 Å². The van der Waals surface area contributed by atoms with Crippen molar-refractivity contribution in [2.24, 2.45) is 0 Å². The van der Waals surface area contributed by atoms with E-state index in [9.17, 15) is 4.79 Å². The summed E-state index contributed by atoms with van der Waals surface area (Å²) in [4.78, 5) is 15.0. The summed E-state index contributed by atoms with van der Waals surface area (Å²) < 4.78 is 16.1. The van der Waals surface area contributed by atoms with E-state index >= 15 is 0 Å². The Morgan fingerprint density at radius 2 is 1.85 bits per heavy atom. The largest absolute Gasteiger partial charge is 0.497 e. The minimum Gasteiger partial charge on any atom is -0.497 e. The molecule has 1 atom stereocenters. The average molecular weight is 368 g/mol. The Balaban J connectivity index is 1.48. The van der Waals surface area contributed by atoms with Crippen molar-refractivity contribution in [3.63, 3.8) is 0 Å². The Kier molecular flexibility index (Phi) is 5.16. The highest BCUT2D eigenvalue weighted by Gasteiger charge is 2.26. The van der Waals surface area contributed by atoms with Gasteiger partial charge >= 0.3 is 0 Å². The van der Waals surface area contributed by atoms with Crippen LogP contribution in [0.25, 0.3) is 0 Å². The first-order valence-corrected chi connectivity index (χ1v) is 9.30. The second-order valence-electron chi connectivity index (χ2n) is 6.81. The highest BCUT2D eigenvalue weighted by Crippen LogP contribution is 2.36. The molecule has 6 nitrogen and oxygen atoms in total. The molecule has 1 fully saturated rings. The van der Waals surface area contributed by atoms with Gasteiger partial charge in [0.05, 0.1) is 13.2 Å². The van der Waals surface area contributed by atoms with Crippen molar-refractivity contribution in [3.05, 3.63) is 53.6 Å². The van der Waals surface area contributed by atoms with Gasteiger partial charge in [-0.2, -0.15) is 0 Å². The molecule has 0 bridgehead atoms. The van der Waals surface area contributed by atoms with Crippen molar-refractivity contribution in [2.45, 2.75) is 18.9 Å². The van der Waals surface area contributed by atoms with Crippen LogP contribution in [0.1, 0.15) is 34.8 Å². The van der Waals surface area contributed by atoms with Gasteiger partial charge in [0, 0.05) is 12.1 Å².